The van der Waals surface area contributed by atoms with Crippen molar-refractivity contribution in [1.29, 1.82) is 0 Å². The summed E-state index contributed by atoms with van der Waals surface area (Å²) in [6.07, 6.45) is 1.15. The predicted octanol–water partition coefficient (Wildman–Crippen LogP) is 1.16. The van der Waals surface area contributed by atoms with Gasteiger partial charge in [-0.15, -0.1) is 0 Å². The molecule has 0 bridgehead atoms. The summed E-state index contributed by atoms with van der Waals surface area (Å²) in [5.74, 6) is -1.04. The van der Waals surface area contributed by atoms with Crippen LogP contribution < -0.4 is 5.32 Å². The number of hydrogen-bond donors (Lipinski definition) is 2. The van der Waals surface area contributed by atoms with Gasteiger partial charge >= 0.3 is 0 Å². The van der Waals surface area contributed by atoms with E-state index in [4.69, 9.17) is 5.11 Å². The largest absolute Gasteiger partial charge is 0.395 e. The predicted molar refractivity (Wildman–Crippen MR) is 86.1 cm³/mol. The van der Waals surface area contributed by atoms with Crippen LogP contribution in [-0.4, -0.2) is 39.9 Å². The van der Waals surface area contributed by atoms with Crippen molar-refractivity contribution in [2.45, 2.75) is 6.92 Å². The number of nitro groups is 1. The highest BCUT2D eigenvalue weighted by Gasteiger charge is 2.31. The number of halogens is 1. The molecule has 116 valence electrons. The minimum Gasteiger partial charge on any atom is -0.395 e. The first-order valence-electron chi connectivity index (χ1n) is 6.25. The van der Waals surface area contributed by atoms with Crippen LogP contribution in [-0.2, 0) is 9.59 Å². The molecule has 0 unspecified atom stereocenters. The number of hydrogen-bond acceptors (Lipinski definition) is 6. The lowest BCUT2D eigenvalue weighted by Crippen LogP contribution is -2.34. The van der Waals surface area contributed by atoms with Crippen molar-refractivity contribution >= 4 is 45.8 Å². The molecule has 1 heterocycles. The van der Waals surface area contributed by atoms with Crippen molar-refractivity contribution in [2.75, 3.05) is 18.5 Å². The highest BCUT2D eigenvalue weighted by atomic mass is 127. The Morgan fingerprint density at radius 3 is 2.64 bits per heavy atom. The number of aliphatic hydroxyl groups is 1. The molecule has 22 heavy (non-hydrogen) atoms. The normalized spacial score (nSPS) is 14.3. The van der Waals surface area contributed by atoms with E-state index in [1.54, 1.807) is 6.92 Å². The number of aliphatic hydroxyl groups excluding tert-OH is 1. The van der Waals surface area contributed by atoms with Crippen LogP contribution in [0.25, 0.3) is 0 Å². The molecule has 0 spiro atoms. The van der Waals surface area contributed by atoms with Crippen molar-refractivity contribution in [3.05, 3.63) is 43.2 Å². The van der Waals surface area contributed by atoms with Crippen LogP contribution in [0.1, 0.15) is 5.56 Å². The molecular weight excluding hydrogens is 405 g/mol. The Hall–Kier alpha value is -2.01. The third-order valence-corrected chi connectivity index (χ3v) is 3.93. The van der Waals surface area contributed by atoms with Crippen LogP contribution in [0.2, 0.25) is 0 Å². The van der Waals surface area contributed by atoms with E-state index < -0.39 is 16.7 Å². The monoisotopic (exact) mass is 417 g/mol. The van der Waals surface area contributed by atoms with E-state index in [2.05, 4.69) is 5.32 Å². The number of nitro benzene ring substituents is 1. The number of imide groups is 1. The van der Waals surface area contributed by atoms with Gasteiger partial charge in [-0.05, 0) is 35.1 Å². The first kappa shape index (κ1) is 16.4. The van der Waals surface area contributed by atoms with Gasteiger partial charge in [-0.3, -0.25) is 24.6 Å². The Kier molecular flexibility index (Phi) is 4.76. The number of non-ortho nitro benzene ring substituents is 1. The Balaban J connectivity index is 2.29. The lowest BCUT2D eigenvalue weighted by Gasteiger charge is -2.15. The van der Waals surface area contributed by atoms with E-state index in [-0.39, 0.29) is 24.5 Å². The average Bonchev–Trinajstić information content (AvgIpc) is 2.70. The average molecular weight is 417 g/mol. The molecule has 2 rings (SSSR count). The summed E-state index contributed by atoms with van der Waals surface area (Å²) in [4.78, 5) is 35.0. The van der Waals surface area contributed by atoms with Gasteiger partial charge in [0.1, 0.15) is 5.70 Å². The fourth-order valence-electron chi connectivity index (χ4n) is 2.03. The Labute approximate surface area is 139 Å². The quantitative estimate of drug-likeness (QED) is 0.322. The van der Waals surface area contributed by atoms with Crippen LogP contribution >= 0.6 is 22.6 Å². The summed E-state index contributed by atoms with van der Waals surface area (Å²) in [5, 5.41) is 22.5. The summed E-state index contributed by atoms with van der Waals surface area (Å²) in [6.45, 7) is 1.28. The number of anilines is 1. The molecule has 0 aliphatic carbocycles. The first-order valence-corrected chi connectivity index (χ1v) is 7.33. The topological polar surface area (TPSA) is 113 Å². The summed E-state index contributed by atoms with van der Waals surface area (Å²) in [5.41, 5.74) is 1.15. The number of amides is 2. The van der Waals surface area contributed by atoms with Crippen LogP contribution in [0, 0.1) is 20.6 Å². The van der Waals surface area contributed by atoms with Crippen LogP contribution in [0.5, 0.6) is 0 Å². The zero-order valence-electron chi connectivity index (χ0n) is 11.5. The van der Waals surface area contributed by atoms with Gasteiger partial charge in [0.15, 0.2) is 0 Å². The smallest absolute Gasteiger partial charge is 0.277 e. The minimum absolute atomic E-state index is 0.0443. The molecule has 0 aromatic heterocycles. The molecule has 0 saturated carbocycles. The number of aryl methyl sites for hydroxylation is 1. The van der Waals surface area contributed by atoms with Crippen molar-refractivity contribution in [3.8, 4) is 0 Å². The molecule has 1 aliphatic heterocycles. The van der Waals surface area contributed by atoms with Crippen molar-refractivity contribution in [2.24, 2.45) is 0 Å². The first-order chi connectivity index (χ1) is 10.3. The van der Waals surface area contributed by atoms with Gasteiger partial charge in [0, 0.05) is 21.8 Å². The van der Waals surface area contributed by atoms with Crippen LogP contribution in [0.4, 0.5) is 11.4 Å². The maximum absolute atomic E-state index is 12.1. The number of nitrogens with one attached hydrogen (secondary N) is 1. The van der Waals surface area contributed by atoms with Crippen molar-refractivity contribution in [3.63, 3.8) is 0 Å². The SMILES string of the molecule is Cc1cc([N+](=O)[O-])cc(I)c1NC1=CC(=O)N(CCO)C1=O. The van der Waals surface area contributed by atoms with E-state index in [1.165, 1.54) is 12.1 Å². The number of carbonyl (C=O) groups excluding carboxylic acids is 2. The third-order valence-electron chi connectivity index (χ3n) is 3.08. The van der Waals surface area contributed by atoms with Gasteiger partial charge in [0.2, 0.25) is 0 Å². The third kappa shape index (κ3) is 3.09. The van der Waals surface area contributed by atoms with Gasteiger partial charge in [-0.1, -0.05) is 0 Å². The maximum Gasteiger partial charge on any atom is 0.277 e. The van der Waals surface area contributed by atoms with E-state index in [1.807, 2.05) is 22.6 Å². The second-order valence-electron chi connectivity index (χ2n) is 4.58. The van der Waals surface area contributed by atoms with Crippen molar-refractivity contribution < 1.29 is 19.6 Å². The Bertz CT molecular complexity index is 678. The molecule has 1 aliphatic rings. The Morgan fingerprint density at radius 1 is 1.41 bits per heavy atom. The van der Waals surface area contributed by atoms with Crippen LogP contribution in [0.15, 0.2) is 23.9 Å². The second-order valence-corrected chi connectivity index (χ2v) is 5.74. The van der Waals surface area contributed by atoms with E-state index in [0.717, 1.165) is 11.0 Å². The zero-order chi connectivity index (χ0) is 16.4. The van der Waals surface area contributed by atoms with E-state index in [9.17, 15) is 19.7 Å². The van der Waals surface area contributed by atoms with Gasteiger partial charge in [-0.25, -0.2) is 0 Å². The molecule has 0 saturated heterocycles. The molecule has 2 amide bonds. The van der Waals surface area contributed by atoms with Gasteiger partial charge in [0.05, 0.1) is 23.8 Å². The lowest BCUT2D eigenvalue weighted by molar-refractivity contribution is -0.385. The molecule has 0 radical (unpaired) electrons. The summed E-state index contributed by atoms with van der Waals surface area (Å²) in [7, 11) is 0. The van der Waals surface area contributed by atoms with Crippen molar-refractivity contribution in [1.82, 2.24) is 4.90 Å². The molecular formula is C13H12IN3O5. The van der Waals surface area contributed by atoms with Crippen LogP contribution in [0.3, 0.4) is 0 Å². The maximum atomic E-state index is 12.1. The molecule has 1 aromatic rings. The summed E-state index contributed by atoms with van der Waals surface area (Å²) >= 11 is 1.92. The standard InChI is InChI=1S/C13H12IN3O5/c1-7-4-8(17(21)22)5-9(14)12(7)15-10-6-11(19)16(2-3-18)13(10)20/h4-6,15,18H,2-3H2,1H3. The van der Waals surface area contributed by atoms with E-state index in [0.29, 0.717) is 14.8 Å². The molecule has 1 aromatic carbocycles. The summed E-state index contributed by atoms with van der Waals surface area (Å²) < 4.78 is 0.561. The number of benzene rings is 1. The lowest BCUT2D eigenvalue weighted by atomic mass is 10.1. The molecule has 0 atom stereocenters. The summed E-state index contributed by atoms with van der Waals surface area (Å²) in [6, 6.07) is 2.76. The van der Waals surface area contributed by atoms with E-state index >= 15 is 0 Å². The number of rotatable bonds is 5. The van der Waals surface area contributed by atoms with Gasteiger partial charge in [0.25, 0.3) is 17.5 Å². The minimum atomic E-state index is -0.535. The fraction of sp³-hybridized carbons (Fsp3) is 0.231. The van der Waals surface area contributed by atoms with Gasteiger partial charge in [-0.2, -0.15) is 0 Å². The molecule has 2 N–H and O–H groups in total. The number of β-amino-alcohol motifs (C(OH)–C–C–N with tert-alkyl or cyclic N) is 1. The number of nitrogens with zero attached hydrogens (tertiary/aromatic N) is 2. The molecule has 0 fully saturated rings. The molecule has 9 heteroatoms. The second kappa shape index (κ2) is 6.40. The van der Waals surface area contributed by atoms with Gasteiger partial charge < -0.3 is 10.4 Å². The molecule has 8 nitrogen and oxygen atoms in total. The Morgan fingerprint density at radius 2 is 2.09 bits per heavy atom. The highest BCUT2D eigenvalue weighted by Crippen LogP contribution is 2.30. The zero-order valence-corrected chi connectivity index (χ0v) is 13.7. The fourth-order valence-corrected chi connectivity index (χ4v) is 2.91. The highest BCUT2D eigenvalue weighted by molar-refractivity contribution is 14.1. The number of carbonyl (C=O) groups is 2.